The number of hydrogen-bond acceptors (Lipinski definition) is 5. The van der Waals surface area contributed by atoms with E-state index in [2.05, 4.69) is 9.88 Å². The maximum absolute atomic E-state index is 11.8. The molecule has 0 aromatic carbocycles. The van der Waals surface area contributed by atoms with Crippen molar-refractivity contribution in [3.8, 4) is 0 Å². The minimum atomic E-state index is -0.370. The van der Waals surface area contributed by atoms with Gasteiger partial charge in [0.15, 0.2) is 5.69 Å². The number of ether oxygens (including phenoxy) is 2. The van der Waals surface area contributed by atoms with Crippen molar-refractivity contribution in [1.82, 2.24) is 4.98 Å². The van der Waals surface area contributed by atoms with Crippen LogP contribution >= 0.6 is 0 Å². The number of anilines is 1. The van der Waals surface area contributed by atoms with Crippen LogP contribution in [0.5, 0.6) is 0 Å². The summed E-state index contributed by atoms with van der Waals surface area (Å²) >= 11 is 0. The average Bonchev–Trinajstić information content (AvgIpc) is 2.95. The summed E-state index contributed by atoms with van der Waals surface area (Å²) in [6, 6.07) is 3.81. The van der Waals surface area contributed by atoms with E-state index in [9.17, 15) is 4.79 Å². The highest BCUT2D eigenvalue weighted by molar-refractivity contribution is 5.93. The topological polar surface area (TPSA) is 51.7 Å². The molecule has 0 N–H and O–H groups in total. The minimum Gasteiger partial charge on any atom is -0.464 e. The van der Waals surface area contributed by atoms with E-state index in [1.807, 2.05) is 12.1 Å². The van der Waals surface area contributed by atoms with Gasteiger partial charge in [0, 0.05) is 25.9 Å². The van der Waals surface area contributed by atoms with E-state index in [-0.39, 0.29) is 5.97 Å². The van der Waals surface area contributed by atoms with Gasteiger partial charge in [-0.15, -0.1) is 0 Å². The number of pyridine rings is 1. The molecule has 5 nitrogen and oxygen atoms in total. The Kier molecular flexibility index (Phi) is 3.61. The third-order valence-electron chi connectivity index (χ3n) is 4.51. The van der Waals surface area contributed by atoms with E-state index in [4.69, 9.17) is 9.47 Å². The van der Waals surface area contributed by atoms with Crippen LogP contribution in [0.4, 0.5) is 5.69 Å². The molecule has 0 bridgehead atoms. The number of hydrogen-bond donors (Lipinski definition) is 0. The molecule has 0 saturated carbocycles. The van der Waals surface area contributed by atoms with E-state index >= 15 is 0 Å². The monoisotopic (exact) mass is 276 g/mol. The Morgan fingerprint density at radius 3 is 2.85 bits per heavy atom. The maximum Gasteiger partial charge on any atom is 0.358 e. The van der Waals surface area contributed by atoms with E-state index in [0.717, 1.165) is 51.3 Å². The largest absolute Gasteiger partial charge is 0.464 e. The number of aromatic nitrogens is 1. The van der Waals surface area contributed by atoms with Gasteiger partial charge in [-0.25, -0.2) is 9.78 Å². The van der Waals surface area contributed by atoms with Crippen LogP contribution in [0.1, 0.15) is 29.8 Å². The molecular weight excluding hydrogens is 256 g/mol. The lowest BCUT2D eigenvalue weighted by molar-refractivity contribution is 0.0594. The van der Waals surface area contributed by atoms with Crippen molar-refractivity contribution < 1.29 is 14.3 Å². The lowest BCUT2D eigenvalue weighted by Crippen LogP contribution is -2.41. The van der Waals surface area contributed by atoms with Gasteiger partial charge in [0.2, 0.25) is 0 Å². The second-order valence-corrected chi connectivity index (χ2v) is 5.65. The zero-order valence-electron chi connectivity index (χ0n) is 11.8. The first-order chi connectivity index (χ1) is 9.74. The van der Waals surface area contributed by atoms with Crippen molar-refractivity contribution >= 4 is 11.7 Å². The molecule has 0 atom stereocenters. The van der Waals surface area contributed by atoms with E-state index in [1.54, 1.807) is 6.20 Å². The van der Waals surface area contributed by atoms with E-state index < -0.39 is 0 Å². The fourth-order valence-electron chi connectivity index (χ4n) is 3.17. The average molecular weight is 276 g/mol. The third kappa shape index (κ3) is 2.38. The van der Waals surface area contributed by atoms with Crippen LogP contribution in [0.2, 0.25) is 0 Å². The molecule has 0 amide bonds. The Hall–Kier alpha value is -1.62. The van der Waals surface area contributed by atoms with Gasteiger partial charge in [-0.3, -0.25) is 0 Å². The van der Waals surface area contributed by atoms with Crippen LogP contribution in [-0.2, 0) is 9.47 Å². The SMILES string of the molecule is COC(=O)c1ncccc1N1CCC2(CCOC2)CC1. The standard InChI is InChI=1S/C15H20N2O3/c1-19-14(18)13-12(3-2-7-16-13)17-8-4-15(5-9-17)6-10-20-11-15/h2-3,7H,4-6,8-11H2,1H3. The molecule has 1 aromatic heterocycles. The summed E-state index contributed by atoms with van der Waals surface area (Å²) in [7, 11) is 1.39. The minimum absolute atomic E-state index is 0.365. The number of carbonyl (C=O) groups excluding carboxylic acids is 1. The van der Waals surface area contributed by atoms with Gasteiger partial charge >= 0.3 is 5.97 Å². The summed E-state index contributed by atoms with van der Waals surface area (Å²) in [5.41, 5.74) is 1.66. The van der Waals surface area contributed by atoms with Crippen LogP contribution in [0, 0.1) is 5.41 Å². The van der Waals surface area contributed by atoms with E-state index in [0.29, 0.717) is 11.1 Å². The number of nitrogens with zero attached hydrogens (tertiary/aromatic N) is 2. The number of methoxy groups -OCH3 is 1. The fraction of sp³-hybridized carbons (Fsp3) is 0.600. The second kappa shape index (κ2) is 5.40. The molecular formula is C15H20N2O3. The molecule has 1 spiro atoms. The van der Waals surface area contributed by atoms with Gasteiger partial charge in [-0.05, 0) is 36.8 Å². The molecule has 2 aliphatic heterocycles. The van der Waals surface area contributed by atoms with E-state index in [1.165, 1.54) is 7.11 Å². The number of esters is 1. The Balaban J connectivity index is 1.76. The summed E-state index contributed by atoms with van der Waals surface area (Å²) in [6.07, 6.45) is 5.02. The molecule has 0 radical (unpaired) electrons. The predicted molar refractivity (Wildman–Crippen MR) is 74.9 cm³/mol. The molecule has 0 aliphatic carbocycles. The highest BCUT2D eigenvalue weighted by atomic mass is 16.5. The van der Waals surface area contributed by atoms with Gasteiger partial charge in [0.05, 0.1) is 19.4 Å². The zero-order chi connectivity index (χ0) is 14.0. The second-order valence-electron chi connectivity index (χ2n) is 5.65. The third-order valence-corrected chi connectivity index (χ3v) is 4.51. The fourth-order valence-corrected chi connectivity index (χ4v) is 3.17. The van der Waals surface area contributed by atoms with Crippen LogP contribution in [-0.4, -0.2) is 44.4 Å². The van der Waals surface area contributed by atoms with Gasteiger partial charge < -0.3 is 14.4 Å². The van der Waals surface area contributed by atoms with Gasteiger partial charge in [0.25, 0.3) is 0 Å². The van der Waals surface area contributed by atoms with Crippen molar-refractivity contribution in [1.29, 1.82) is 0 Å². The summed E-state index contributed by atoms with van der Waals surface area (Å²) in [5.74, 6) is -0.370. The molecule has 3 rings (SSSR count). The quantitative estimate of drug-likeness (QED) is 0.772. The summed E-state index contributed by atoms with van der Waals surface area (Å²) in [5, 5.41) is 0. The molecule has 2 aliphatic rings. The number of carbonyl (C=O) groups is 1. The van der Waals surface area contributed by atoms with Crippen molar-refractivity contribution in [3.63, 3.8) is 0 Å². The normalized spacial score (nSPS) is 21.1. The summed E-state index contributed by atoms with van der Waals surface area (Å²) in [6.45, 7) is 3.66. The lowest BCUT2D eigenvalue weighted by Gasteiger charge is -2.39. The van der Waals surface area contributed by atoms with Crippen LogP contribution < -0.4 is 4.90 Å². The van der Waals surface area contributed by atoms with Gasteiger partial charge in [-0.1, -0.05) is 0 Å². The van der Waals surface area contributed by atoms with Crippen LogP contribution in [0.25, 0.3) is 0 Å². The Bertz CT molecular complexity index is 488. The molecule has 2 fully saturated rings. The highest BCUT2D eigenvalue weighted by Crippen LogP contribution is 2.40. The Morgan fingerprint density at radius 2 is 2.20 bits per heavy atom. The Labute approximate surface area is 118 Å². The number of rotatable bonds is 2. The molecule has 3 heterocycles. The molecule has 2 saturated heterocycles. The van der Waals surface area contributed by atoms with Crippen LogP contribution in [0.3, 0.4) is 0 Å². The lowest BCUT2D eigenvalue weighted by atomic mass is 9.78. The predicted octanol–water partition coefficient (Wildman–Crippen LogP) is 1.88. The Morgan fingerprint density at radius 1 is 1.40 bits per heavy atom. The molecule has 5 heteroatoms. The molecule has 0 unspecified atom stereocenters. The van der Waals surface area contributed by atoms with Crippen LogP contribution in [0.15, 0.2) is 18.3 Å². The molecule has 20 heavy (non-hydrogen) atoms. The van der Waals surface area contributed by atoms with Crippen molar-refractivity contribution in [2.75, 3.05) is 38.3 Å². The first-order valence-electron chi connectivity index (χ1n) is 7.10. The zero-order valence-corrected chi connectivity index (χ0v) is 11.8. The maximum atomic E-state index is 11.8. The van der Waals surface area contributed by atoms with Crippen molar-refractivity contribution in [2.24, 2.45) is 5.41 Å². The molecule has 108 valence electrons. The molecule has 1 aromatic rings. The number of piperidine rings is 1. The first kappa shape index (κ1) is 13.4. The summed E-state index contributed by atoms with van der Waals surface area (Å²) < 4.78 is 10.4. The van der Waals surface area contributed by atoms with Crippen molar-refractivity contribution in [3.05, 3.63) is 24.0 Å². The smallest absolute Gasteiger partial charge is 0.358 e. The van der Waals surface area contributed by atoms with Gasteiger partial charge in [0.1, 0.15) is 0 Å². The summed E-state index contributed by atoms with van der Waals surface area (Å²) in [4.78, 5) is 18.2. The first-order valence-corrected chi connectivity index (χ1v) is 7.10. The van der Waals surface area contributed by atoms with Crippen molar-refractivity contribution in [2.45, 2.75) is 19.3 Å². The van der Waals surface area contributed by atoms with Gasteiger partial charge in [-0.2, -0.15) is 0 Å². The highest BCUT2D eigenvalue weighted by Gasteiger charge is 2.38.